The number of carbonyl (C=O) groups is 3. The van der Waals surface area contributed by atoms with Crippen LogP contribution in [-0.2, 0) is 18.9 Å². The second kappa shape index (κ2) is 25.7. The van der Waals surface area contributed by atoms with E-state index in [1.807, 2.05) is 41.5 Å². The van der Waals surface area contributed by atoms with Gasteiger partial charge in [0, 0.05) is 105 Å². The second-order valence-electron chi connectivity index (χ2n) is 14.5. The van der Waals surface area contributed by atoms with Gasteiger partial charge in [-0.1, -0.05) is 0 Å². The van der Waals surface area contributed by atoms with Crippen LogP contribution in [0.15, 0.2) is 0 Å². The van der Waals surface area contributed by atoms with E-state index >= 15 is 0 Å². The second-order valence-corrected chi connectivity index (χ2v) is 14.5. The number of hydrogen-bond donors (Lipinski definition) is 6. The molecule has 0 bridgehead atoms. The minimum atomic E-state index is -0.666. The van der Waals surface area contributed by atoms with Gasteiger partial charge in [0.2, 0.25) is 0 Å². The average Bonchev–Trinajstić information content (AvgIpc) is 2.96. The van der Waals surface area contributed by atoms with Gasteiger partial charge in [-0.2, -0.15) is 0 Å². The average molecular weight is 713 g/mol. The SMILES string of the molecule is C1CNCCNCCNCCN1.CC(C)(C)OC(=O)N1CCNCCN(C(=O)OC(C)(C)C)CCN(C(=O)OC(C)(C)C)CC1.O=BC#CO. The van der Waals surface area contributed by atoms with E-state index in [0.29, 0.717) is 33.3 Å². The predicted molar refractivity (Wildman–Crippen MR) is 194 cm³/mol. The van der Waals surface area contributed by atoms with Gasteiger partial charge in [0.25, 0.3) is 0 Å². The van der Waals surface area contributed by atoms with Crippen LogP contribution in [0.5, 0.6) is 0 Å². The van der Waals surface area contributed by atoms with Gasteiger partial charge in [-0.25, -0.2) is 14.4 Å². The zero-order valence-corrected chi connectivity index (χ0v) is 32.0. The third-order valence-corrected chi connectivity index (χ3v) is 6.39. The summed E-state index contributed by atoms with van der Waals surface area (Å²) in [6.07, 6.45) is 0.0453. The molecule has 6 N–H and O–H groups in total. The van der Waals surface area contributed by atoms with Crippen molar-refractivity contribution in [1.29, 1.82) is 0 Å². The van der Waals surface area contributed by atoms with Gasteiger partial charge in [-0.15, -0.1) is 0 Å². The van der Waals surface area contributed by atoms with Gasteiger partial charge in [0.05, 0.1) is 0 Å². The summed E-state index contributed by atoms with van der Waals surface area (Å²) in [6, 6.07) is 0. The van der Waals surface area contributed by atoms with Crippen molar-refractivity contribution < 1.29 is 38.4 Å². The molecular formula is C33H65BN8O8. The Balaban J connectivity index is 0.00000115. The first-order valence-electron chi connectivity index (χ1n) is 17.4. The molecule has 0 unspecified atom stereocenters. The summed E-state index contributed by atoms with van der Waals surface area (Å²) in [5.41, 5.74) is -1.90. The molecule has 0 saturated carbocycles. The van der Waals surface area contributed by atoms with Crippen LogP contribution in [0.2, 0.25) is 0 Å². The van der Waals surface area contributed by atoms with Gasteiger partial charge in [0.15, 0.2) is 0 Å². The van der Waals surface area contributed by atoms with E-state index in [1.54, 1.807) is 36.4 Å². The van der Waals surface area contributed by atoms with Crippen molar-refractivity contribution in [2.45, 2.75) is 79.1 Å². The quantitative estimate of drug-likeness (QED) is 0.119. The maximum atomic E-state index is 12.9. The molecule has 2 saturated heterocycles. The first kappa shape index (κ1) is 46.8. The Labute approximate surface area is 300 Å². The molecule has 16 nitrogen and oxygen atoms in total. The number of carbonyl (C=O) groups excluding carboxylic acids is 3. The standard InChI is InChI=1S/C23H44N4O6.C8H20N4.C2HBO2/c1-21(2,3)31-18(28)25-12-10-24-11-13-26(19(29)32-22(4,5)6)15-17-27(16-14-25)20(30)33-23(7,8)9;1-2-10-5-6-12-8-7-11-4-3-9-1;4-2-1-3-5/h24H,10-17H2,1-9H3;9-12H,1-8H2;4H. The van der Waals surface area contributed by atoms with Gasteiger partial charge in [-0.05, 0) is 62.3 Å². The number of rotatable bonds is 0. The Kier molecular flexibility index (Phi) is 24.1. The molecule has 2 fully saturated rings. The van der Waals surface area contributed by atoms with E-state index in [4.69, 9.17) is 24.0 Å². The van der Waals surface area contributed by atoms with E-state index in [1.165, 1.54) is 11.0 Å². The van der Waals surface area contributed by atoms with Crippen LogP contribution in [0, 0.1) is 11.9 Å². The first-order chi connectivity index (χ1) is 23.4. The van der Waals surface area contributed by atoms with Gasteiger partial charge >= 0.3 is 47.2 Å². The van der Waals surface area contributed by atoms with Crippen LogP contribution in [-0.4, -0.2) is 167 Å². The number of amides is 3. The maximum absolute atomic E-state index is 12.9. The fraction of sp³-hybridized carbons (Fsp3) is 0.848. The van der Waals surface area contributed by atoms with E-state index in [0.717, 1.165) is 52.4 Å². The number of nitrogens with one attached hydrogen (secondary N) is 5. The molecule has 2 aliphatic heterocycles. The minimum absolute atomic E-state index is 0.246. The van der Waals surface area contributed by atoms with Crippen molar-refractivity contribution in [2.75, 3.05) is 105 Å². The molecule has 3 amide bonds. The van der Waals surface area contributed by atoms with Crippen LogP contribution >= 0.6 is 0 Å². The molecule has 0 radical (unpaired) electrons. The molecule has 0 aromatic carbocycles. The van der Waals surface area contributed by atoms with Crippen molar-refractivity contribution in [3.63, 3.8) is 0 Å². The van der Waals surface area contributed by atoms with Gasteiger partial charge in [-0.3, -0.25) is 0 Å². The van der Waals surface area contributed by atoms with Gasteiger partial charge < -0.3 is 55.5 Å². The van der Waals surface area contributed by atoms with Crippen molar-refractivity contribution in [3.8, 4) is 11.9 Å². The molecule has 0 aromatic rings. The van der Waals surface area contributed by atoms with Crippen LogP contribution in [0.1, 0.15) is 62.3 Å². The molecule has 2 aliphatic rings. The van der Waals surface area contributed by atoms with E-state index in [9.17, 15) is 14.4 Å². The molecular weight excluding hydrogens is 647 g/mol. The van der Waals surface area contributed by atoms with Crippen molar-refractivity contribution >= 4 is 25.4 Å². The fourth-order valence-electron chi connectivity index (χ4n) is 4.13. The summed E-state index contributed by atoms with van der Waals surface area (Å²) in [4.78, 5) is 42.9. The monoisotopic (exact) mass is 713 g/mol. The van der Waals surface area contributed by atoms with E-state index < -0.39 is 35.1 Å². The Morgan fingerprint density at radius 2 is 0.740 bits per heavy atom. The Morgan fingerprint density at radius 3 is 0.940 bits per heavy atom. The third kappa shape index (κ3) is 27.6. The van der Waals surface area contributed by atoms with Crippen molar-refractivity contribution in [3.05, 3.63) is 0 Å². The fourth-order valence-corrected chi connectivity index (χ4v) is 4.13. The number of aliphatic hydroxyl groups is 1. The Morgan fingerprint density at radius 1 is 0.500 bits per heavy atom. The molecule has 0 atom stereocenters. The van der Waals surface area contributed by atoms with Crippen LogP contribution in [0.25, 0.3) is 0 Å². The predicted octanol–water partition coefficient (Wildman–Crippen LogP) is 0.986. The van der Waals surface area contributed by atoms with Crippen molar-refractivity contribution in [2.24, 2.45) is 0 Å². The summed E-state index contributed by atoms with van der Waals surface area (Å²) >= 11 is 0. The molecule has 0 aromatic heterocycles. The van der Waals surface area contributed by atoms with Crippen LogP contribution in [0.4, 0.5) is 14.4 Å². The summed E-state index contributed by atoms with van der Waals surface area (Å²) in [5, 5.41) is 24.2. The molecule has 50 heavy (non-hydrogen) atoms. The zero-order valence-electron chi connectivity index (χ0n) is 32.0. The zero-order chi connectivity index (χ0) is 38.1. The summed E-state index contributed by atoms with van der Waals surface area (Å²) in [6.45, 7) is 27.8. The van der Waals surface area contributed by atoms with Crippen LogP contribution in [0.3, 0.4) is 0 Å². The van der Waals surface area contributed by atoms with E-state index in [-0.39, 0.29) is 26.2 Å². The van der Waals surface area contributed by atoms with Crippen molar-refractivity contribution in [1.82, 2.24) is 41.3 Å². The summed E-state index contributed by atoms with van der Waals surface area (Å²) in [7, 11) is 0.319. The number of ether oxygens (including phenoxy) is 3. The molecule has 2 rings (SSSR count). The topological polar surface area (TPSA) is 186 Å². The van der Waals surface area contributed by atoms with Gasteiger partial charge in [0.1, 0.15) is 16.8 Å². The third-order valence-electron chi connectivity index (χ3n) is 6.39. The van der Waals surface area contributed by atoms with E-state index in [2.05, 4.69) is 26.6 Å². The molecule has 0 spiro atoms. The number of aliphatic hydroxyl groups excluding tert-OH is 1. The molecule has 2 heterocycles. The molecule has 288 valence electrons. The summed E-state index contributed by atoms with van der Waals surface area (Å²) in [5.74, 6) is 1.74. The first-order valence-corrected chi connectivity index (χ1v) is 17.4. The normalized spacial score (nSPS) is 17.7. The molecule has 17 heteroatoms. The number of hydrogen-bond acceptors (Lipinski definition) is 13. The Hall–Kier alpha value is -3.17. The Bertz CT molecular complexity index is 953. The molecule has 0 aliphatic carbocycles. The number of nitrogens with zero attached hydrogens (tertiary/aromatic N) is 3. The summed E-state index contributed by atoms with van der Waals surface area (Å²) < 4.78 is 25.7. The van der Waals surface area contributed by atoms with Crippen LogP contribution < -0.4 is 26.6 Å².